The van der Waals surface area contributed by atoms with E-state index in [1.165, 1.54) is 45.6 Å². The quantitative estimate of drug-likeness (QED) is 0.566. The zero-order valence-corrected chi connectivity index (χ0v) is 15.6. The summed E-state index contributed by atoms with van der Waals surface area (Å²) < 4.78 is 13.8. The summed E-state index contributed by atoms with van der Waals surface area (Å²) in [7, 11) is 3.97. The number of esters is 2. The fourth-order valence-corrected chi connectivity index (χ4v) is 2.07. The Kier molecular flexibility index (Phi) is 8.40. The normalized spacial score (nSPS) is 9.52. The molecule has 25 heavy (non-hydrogen) atoms. The molecule has 2 aromatic rings. The van der Waals surface area contributed by atoms with Gasteiger partial charge in [0.05, 0.1) is 26.9 Å². The van der Waals surface area contributed by atoms with Gasteiger partial charge in [-0.2, -0.15) is 0 Å². The van der Waals surface area contributed by atoms with Gasteiger partial charge in [0, 0.05) is 0 Å². The molecule has 0 aliphatic carbocycles. The lowest BCUT2D eigenvalue weighted by atomic mass is 10.3. The van der Waals surface area contributed by atoms with Crippen molar-refractivity contribution in [3.8, 4) is 5.88 Å². The van der Waals surface area contributed by atoms with Gasteiger partial charge in [-0.05, 0) is 24.3 Å². The summed E-state index contributed by atoms with van der Waals surface area (Å²) in [5, 5.41) is 0.562. The van der Waals surface area contributed by atoms with Crippen molar-refractivity contribution < 1.29 is 23.8 Å². The van der Waals surface area contributed by atoms with E-state index in [1.54, 1.807) is 0 Å². The minimum Gasteiger partial charge on any atom is -0.480 e. The Labute approximate surface area is 158 Å². The number of pyridine rings is 2. The van der Waals surface area contributed by atoms with Crippen LogP contribution in [0.3, 0.4) is 0 Å². The van der Waals surface area contributed by atoms with Crippen LogP contribution in [0.5, 0.6) is 5.88 Å². The summed E-state index contributed by atoms with van der Waals surface area (Å²) in [6.07, 6.45) is 0. The van der Waals surface area contributed by atoms with Gasteiger partial charge in [-0.25, -0.2) is 19.6 Å². The fraction of sp³-hybridized carbons (Fsp3) is 0.200. The molecule has 0 atom stereocenters. The van der Waals surface area contributed by atoms with Crippen LogP contribution in [0, 0.1) is 0 Å². The molecule has 10 heteroatoms. The van der Waals surface area contributed by atoms with E-state index >= 15 is 0 Å². The number of methoxy groups -OCH3 is 3. The van der Waals surface area contributed by atoms with Crippen molar-refractivity contribution in [3.05, 3.63) is 50.9 Å². The van der Waals surface area contributed by atoms with Gasteiger partial charge in [-0.3, -0.25) is 0 Å². The Morgan fingerprint density at radius 3 is 1.76 bits per heavy atom. The number of carbonyl (C=O) groups is 2. The summed E-state index contributed by atoms with van der Waals surface area (Å²) in [5.74, 6) is -0.857. The van der Waals surface area contributed by atoms with Crippen LogP contribution in [0.1, 0.15) is 20.7 Å². The maximum atomic E-state index is 11.1. The molecule has 0 radical (unpaired) electrons. The van der Waals surface area contributed by atoms with Crippen LogP contribution in [0.25, 0.3) is 0 Å². The van der Waals surface area contributed by atoms with Crippen LogP contribution in [0.4, 0.5) is 0 Å². The zero-order valence-electron chi connectivity index (χ0n) is 13.4. The zero-order chi connectivity index (χ0) is 19.0. The molecule has 0 saturated heterocycles. The number of halogens is 3. The maximum absolute atomic E-state index is 11.1. The van der Waals surface area contributed by atoms with Crippen LogP contribution in [-0.2, 0) is 9.47 Å². The van der Waals surface area contributed by atoms with Crippen molar-refractivity contribution in [2.45, 2.75) is 0 Å². The second kappa shape index (κ2) is 10.0. The van der Waals surface area contributed by atoms with Crippen LogP contribution in [0.15, 0.2) is 24.3 Å². The van der Waals surface area contributed by atoms with Gasteiger partial charge in [0.2, 0.25) is 5.88 Å². The van der Waals surface area contributed by atoms with Crippen molar-refractivity contribution in [2.75, 3.05) is 21.3 Å². The molecule has 0 aliphatic rings. The van der Waals surface area contributed by atoms with Gasteiger partial charge in [0.25, 0.3) is 0 Å². The first kappa shape index (κ1) is 21.0. The van der Waals surface area contributed by atoms with E-state index in [4.69, 9.17) is 39.5 Å². The Balaban J connectivity index is 0.000000251. The molecule has 0 aliphatic heterocycles. The second-order valence-electron chi connectivity index (χ2n) is 4.15. The molecule has 0 N–H and O–H groups in total. The summed E-state index contributed by atoms with van der Waals surface area (Å²) >= 11 is 16.7. The Bertz CT molecular complexity index is 771. The first-order valence-electron chi connectivity index (χ1n) is 6.53. The molecule has 0 saturated carbocycles. The van der Waals surface area contributed by atoms with E-state index in [9.17, 15) is 9.59 Å². The van der Waals surface area contributed by atoms with Gasteiger partial charge in [0.15, 0.2) is 0 Å². The van der Waals surface area contributed by atoms with Crippen molar-refractivity contribution >= 4 is 46.7 Å². The molecule has 0 fully saturated rings. The molecular weight excluding hydrogens is 395 g/mol. The average Bonchev–Trinajstić information content (AvgIpc) is 2.60. The molecule has 0 amide bonds. The van der Waals surface area contributed by atoms with E-state index < -0.39 is 11.9 Å². The van der Waals surface area contributed by atoms with Gasteiger partial charge in [-0.15, -0.1) is 0 Å². The minimum atomic E-state index is -0.524. The Hall–Kier alpha value is -2.09. The molecule has 7 nitrogen and oxygen atoms in total. The summed E-state index contributed by atoms with van der Waals surface area (Å²) in [4.78, 5) is 29.6. The first-order valence-corrected chi connectivity index (χ1v) is 7.66. The van der Waals surface area contributed by atoms with Crippen molar-refractivity contribution in [1.82, 2.24) is 9.97 Å². The van der Waals surface area contributed by atoms with E-state index in [0.29, 0.717) is 0 Å². The van der Waals surface area contributed by atoms with E-state index in [0.717, 1.165) is 0 Å². The maximum Gasteiger partial charge on any atom is 0.343 e. The number of carbonyl (C=O) groups excluding carboxylic acids is 2. The van der Waals surface area contributed by atoms with E-state index in [2.05, 4.69) is 19.4 Å². The third kappa shape index (κ3) is 6.04. The molecular formula is C15H13Cl3N2O5. The lowest BCUT2D eigenvalue weighted by Gasteiger charge is -2.04. The molecule has 0 unspecified atom stereocenters. The predicted octanol–water partition coefficient (Wildman–Crippen LogP) is 3.71. The van der Waals surface area contributed by atoms with Gasteiger partial charge >= 0.3 is 11.9 Å². The lowest BCUT2D eigenvalue weighted by molar-refractivity contribution is 0.0589. The van der Waals surface area contributed by atoms with Crippen molar-refractivity contribution in [3.63, 3.8) is 0 Å². The molecule has 2 heterocycles. The number of ether oxygens (including phenoxy) is 3. The van der Waals surface area contributed by atoms with Crippen LogP contribution >= 0.6 is 34.8 Å². The Morgan fingerprint density at radius 1 is 0.800 bits per heavy atom. The molecule has 2 aromatic heterocycles. The summed E-state index contributed by atoms with van der Waals surface area (Å²) in [6.45, 7) is 0. The molecule has 134 valence electrons. The molecule has 0 aromatic carbocycles. The highest BCUT2D eigenvalue weighted by atomic mass is 35.5. The van der Waals surface area contributed by atoms with Gasteiger partial charge in [0.1, 0.15) is 21.0 Å². The van der Waals surface area contributed by atoms with Crippen molar-refractivity contribution in [2.24, 2.45) is 0 Å². The third-order valence-electron chi connectivity index (χ3n) is 2.65. The van der Waals surface area contributed by atoms with Crippen LogP contribution in [-0.4, -0.2) is 43.2 Å². The molecule has 0 bridgehead atoms. The van der Waals surface area contributed by atoms with E-state index in [-0.39, 0.29) is 32.5 Å². The van der Waals surface area contributed by atoms with E-state index in [1.807, 2.05) is 0 Å². The standard InChI is InChI=1S/C8H8ClNO3.C7H5Cl2NO2/c1-12-7-5(8(11)13-2)3-4-6(9)10-7;1-12-7(11)4-2-3-5(8)10-6(4)9/h3-4H,1-2H3;2-3H,1H3. The number of nitrogens with zero attached hydrogens (tertiary/aromatic N) is 2. The Morgan fingerprint density at radius 2 is 1.28 bits per heavy atom. The highest BCUT2D eigenvalue weighted by Crippen LogP contribution is 2.19. The average molecular weight is 408 g/mol. The first-order chi connectivity index (χ1) is 11.8. The minimum absolute atomic E-state index is 0.0503. The molecule has 2 rings (SSSR count). The van der Waals surface area contributed by atoms with Gasteiger partial charge in [-0.1, -0.05) is 34.8 Å². The topological polar surface area (TPSA) is 87.6 Å². The summed E-state index contributed by atoms with van der Waals surface area (Å²) in [6, 6.07) is 5.93. The second-order valence-corrected chi connectivity index (χ2v) is 5.28. The SMILES string of the molecule is COC(=O)c1ccc(Cl)nc1Cl.COC(=O)c1ccc(Cl)nc1OC. The molecule has 0 spiro atoms. The number of hydrogen-bond donors (Lipinski definition) is 0. The van der Waals surface area contributed by atoms with Crippen LogP contribution in [0.2, 0.25) is 15.5 Å². The largest absolute Gasteiger partial charge is 0.480 e. The predicted molar refractivity (Wildman–Crippen MR) is 92.7 cm³/mol. The van der Waals surface area contributed by atoms with Crippen LogP contribution < -0.4 is 4.74 Å². The smallest absolute Gasteiger partial charge is 0.343 e. The highest BCUT2D eigenvalue weighted by Gasteiger charge is 2.13. The fourth-order valence-electron chi connectivity index (χ4n) is 1.51. The lowest BCUT2D eigenvalue weighted by Crippen LogP contribution is -2.05. The monoisotopic (exact) mass is 406 g/mol. The number of rotatable bonds is 3. The van der Waals surface area contributed by atoms with Crippen molar-refractivity contribution in [1.29, 1.82) is 0 Å². The number of aromatic nitrogens is 2. The number of hydrogen-bond acceptors (Lipinski definition) is 7. The van der Waals surface area contributed by atoms with Gasteiger partial charge < -0.3 is 14.2 Å². The summed E-state index contributed by atoms with van der Waals surface area (Å²) in [5.41, 5.74) is 0.470. The highest BCUT2D eigenvalue weighted by molar-refractivity contribution is 6.34. The third-order valence-corrected chi connectivity index (χ3v) is 3.35.